The van der Waals surface area contributed by atoms with E-state index in [9.17, 15) is 14.4 Å². The van der Waals surface area contributed by atoms with Crippen molar-refractivity contribution in [3.8, 4) is 0 Å². The Balaban J connectivity index is 4.35. The summed E-state index contributed by atoms with van der Waals surface area (Å²) in [5, 5.41) is 0. The van der Waals surface area contributed by atoms with E-state index >= 15 is 0 Å². The normalized spacial score (nSPS) is 12.2. The molecule has 0 spiro atoms. The lowest BCUT2D eigenvalue weighted by Gasteiger charge is -2.18. The Morgan fingerprint density at radius 2 is 0.581 bits per heavy atom. The fourth-order valence-corrected chi connectivity index (χ4v) is 7.76. The molecule has 0 amide bonds. The molecule has 1 atom stereocenters. The summed E-state index contributed by atoms with van der Waals surface area (Å²) in [5.74, 6) is -0.879. The SMILES string of the molecule is CCCCC/C=C\C/C=C\CCCCCCCCCC(=O)OC[C@H](COC(=O)CCCCCCC/C=C\CCCCCCCC)OC(=O)CCCCCCCCCCCCCC. The quantitative estimate of drug-likeness (QED) is 0.0262. The first-order valence-corrected chi connectivity index (χ1v) is 27.0. The maximum absolute atomic E-state index is 12.8. The second-order valence-corrected chi connectivity index (χ2v) is 18.1. The second kappa shape index (κ2) is 51.3. The summed E-state index contributed by atoms with van der Waals surface area (Å²) in [6.45, 7) is 6.62. The molecular weight excluding hydrogens is 769 g/mol. The van der Waals surface area contributed by atoms with Gasteiger partial charge >= 0.3 is 17.9 Å². The average molecular weight is 871 g/mol. The molecule has 0 aromatic heterocycles. The lowest BCUT2D eigenvalue weighted by Crippen LogP contribution is -2.30. The molecular formula is C56H102O6. The van der Waals surface area contributed by atoms with Gasteiger partial charge in [0.2, 0.25) is 0 Å². The van der Waals surface area contributed by atoms with Crippen LogP contribution in [-0.4, -0.2) is 37.2 Å². The number of allylic oxidation sites excluding steroid dienone is 6. The minimum absolute atomic E-state index is 0.0760. The van der Waals surface area contributed by atoms with Gasteiger partial charge in [-0.15, -0.1) is 0 Å². The zero-order chi connectivity index (χ0) is 45.1. The Labute approximate surface area is 385 Å². The lowest BCUT2D eigenvalue weighted by molar-refractivity contribution is -0.167. The first-order chi connectivity index (χ1) is 30.5. The van der Waals surface area contributed by atoms with Crippen molar-refractivity contribution in [1.29, 1.82) is 0 Å². The molecule has 0 heterocycles. The molecule has 0 aromatic rings. The zero-order valence-corrected chi connectivity index (χ0v) is 41.4. The molecule has 0 aromatic carbocycles. The van der Waals surface area contributed by atoms with Crippen molar-refractivity contribution in [1.82, 2.24) is 0 Å². The van der Waals surface area contributed by atoms with Crippen LogP contribution in [0, 0.1) is 0 Å². The third-order valence-corrected chi connectivity index (χ3v) is 11.9. The summed E-state index contributed by atoms with van der Waals surface area (Å²) in [4.78, 5) is 38.0. The molecule has 0 aliphatic heterocycles. The molecule has 0 radical (unpaired) electrons. The van der Waals surface area contributed by atoms with Crippen LogP contribution in [0.25, 0.3) is 0 Å². The van der Waals surface area contributed by atoms with Gasteiger partial charge in [-0.05, 0) is 77.0 Å². The minimum Gasteiger partial charge on any atom is -0.462 e. The second-order valence-electron chi connectivity index (χ2n) is 18.1. The van der Waals surface area contributed by atoms with E-state index in [1.165, 1.54) is 167 Å². The molecule has 0 bridgehead atoms. The largest absolute Gasteiger partial charge is 0.462 e. The standard InChI is InChI=1S/C56H102O6/c1-4-7-10-13-16-19-22-25-27-28-30-32-35-37-40-43-46-49-55(58)61-52-53(62-56(59)50-47-44-41-38-33-24-21-18-15-12-9-6-3)51-60-54(57)48-45-42-39-36-34-31-29-26-23-20-17-14-11-8-5-2/h16,19,25-27,29,53H,4-15,17-18,20-24,28,30-52H2,1-3H3/b19-16-,27-25-,29-26-/t53-/m0/s1. The molecule has 0 rings (SSSR count). The van der Waals surface area contributed by atoms with Crippen LogP contribution in [0.2, 0.25) is 0 Å². The van der Waals surface area contributed by atoms with Crippen LogP contribution >= 0.6 is 0 Å². The van der Waals surface area contributed by atoms with Gasteiger partial charge in [0.1, 0.15) is 13.2 Å². The predicted octanol–water partition coefficient (Wildman–Crippen LogP) is 17.7. The van der Waals surface area contributed by atoms with E-state index in [0.29, 0.717) is 19.3 Å². The van der Waals surface area contributed by atoms with Crippen molar-refractivity contribution in [2.75, 3.05) is 13.2 Å². The molecule has 0 N–H and O–H groups in total. The van der Waals surface area contributed by atoms with Crippen molar-refractivity contribution in [2.24, 2.45) is 0 Å². The van der Waals surface area contributed by atoms with Gasteiger partial charge in [0, 0.05) is 19.3 Å². The Morgan fingerprint density at radius 3 is 0.935 bits per heavy atom. The van der Waals surface area contributed by atoms with Crippen LogP contribution in [-0.2, 0) is 28.6 Å². The topological polar surface area (TPSA) is 78.9 Å². The number of carbonyl (C=O) groups excluding carboxylic acids is 3. The fourth-order valence-electron chi connectivity index (χ4n) is 7.76. The van der Waals surface area contributed by atoms with Gasteiger partial charge in [-0.1, -0.05) is 224 Å². The molecule has 0 fully saturated rings. The number of ether oxygens (including phenoxy) is 3. The van der Waals surface area contributed by atoms with Gasteiger partial charge < -0.3 is 14.2 Å². The maximum Gasteiger partial charge on any atom is 0.306 e. The van der Waals surface area contributed by atoms with Crippen LogP contribution < -0.4 is 0 Å². The van der Waals surface area contributed by atoms with E-state index < -0.39 is 6.10 Å². The predicted molar refractivity (Wildman–Crippen MR) is 266 cm³/mol. The summed E-state index contributed by atoms with van der Waals surface area (Å²) in [5.41, 5.74) is 0. The number of rotatable bonds is 49. The molecule has 0 aliphatic carbocycles. The van der Waals surface area contributed by atoms with Crippen LogP contribution in [0.15, 0.2) is 36.5 Å². The van der Waals surface area contributed by atoms with E-state index in [2.05, 4.69) is 57.2 Å². The van der Waals surface area contributed by atoms with Gasteiger partial charge in [-0.3, -0.25) is 14.4 Å². The monoisotopic (exact) mass is 871 g/mol. The maximum atomic E-state index is 12.8. The van der Waals surface area contributed by atoms with Gasteiger partial charge in [0.15, 0.2) is 6.10 Å². The summed E-state index contributed by atoms with van der Waals surface area (Å²) < 4.78 is 16.8. The van der Waals surface area contributed by atoms with E-state index in [1.54, 1.807) is 0 Å². The smallest absolute Gasteiger partial charge is 0.306 e. The number of unbranched alkanes of at least 4 members (excludes halogenated alkanes) is 32. The summed E-state index contributed by atoms with van der Waals surface area (Å²) in [6.07, 6.45) is 59.8. The summed E-state index contributed by atoms with van der Waals surface area (Å²) in [6, 6.07) is 0. The van der Waals surface area contributed by atoms with Crippen molar-refractivity contribution in [3.63, 3.8) is 0 Å². The molecule has 62 heavy (non-hydrogen) atoms. The highest BCUT2D eigenvalue weighted by molar-refractivity contribution is 5.71. The third kappa shape index (κ3) is 48.7. The molecule has 6 heteroatoms. The molecule has 0 saturated heterocycles. The Morgan fingerprint density at radius 1 is 0.323 bits per heavy atom. The first-order valence-electron chi connectivity index (χ1n) is 27.0. The number of hydrogen-bond donors (Lipinski definition) is 0. The van der Waals surface area contributed by atoms with E-state index in [0.717, 1.165) is 77.0 Å². The molecule has 6 nitrogen and oxygen atoms in total. The van der Waals surface area contributed by atoms with Gasteiger partial charge in [0.05, 0.1) is 0 Å². The van der Waals surface area contributed by atoms with E-state index in [-0.39, 0.29) is 31.1 Å². The van der Waals surface area contributed by atoms with Crippen molar-refractivity contribution in [3.05, 3.63) is 36.5 Å². The Hall–Kier alpha value is -2.37. The first kappa shape index (κ1) is 59.6. The molecule has 0 unspecified atom stereocenters. The van der Waals surface area contributed by atoms with Crippen LogP contribution in [0.1, 0.15) is 284 Å². The highest BCUT2D eigenvalue weighted by Gasteiger charge is 2.19. The number of carbonyl (C=O) groups is 3. The molecule has 0 saturated carbocycles. The van der Waals surface area contributed by atoms with E-state index in [4.69, 9.17) is 14.2 Å². The minimum atomic E-state index is -0.774. The highest BCUT2D eigenvalue weighted by atomic mass is 16.6. The summed E-state index contributed by atoms with van der Waals surface area (Å²) >= 11 is 0. The van der Waals surface area contributed by atoms with Gasteiger partial charge in [-0.2, -0.15) is 0 Å². The Bertz CT molecular complexity index is 1050. The fraction of sp³-hybridized carbons (Fsp3) is 0.839. The van der Waals surface area contributed by atoms with Gasteiger partial charge in [-0.25, -0.2) is 0 Å². The molecule has 362 valence electrons. The average Bonchev–Trinajstić information content (AvgIpc) is 3.27. The van der Waals surface area contributed by atoms with Crippen molar-refractivity contribution >= 4 is 17.9 Å². The van der Waals surface area contributed by atoms with Gasteiger partial charge in [0.25, 0.3) is 0 Å². The van der Waals surface area contributed by atoms with Crippen LogP contribution in [0.4, 0.5) is 0 Å². The lowest BCUT2D eigenvalue weighted by atomic mass is 10.0. The Kier molecular flexibility index (Phi) is 49.3. The van der Waals surface area contributed by atoms with Crippen molar-refractivity contribution in [2.45, 2.75) is 290 Å². The highest BCUT2D eigenvalue weighted by Crippen LogP contribution is 2.15. The summed E-state index contributed by atoms with van der Waals surface area (Å²) in [7, 11) is 0. The van der Waals surface area contributed by atoms with E-state index in [1.807, 2.05) is 0 Å². The molecule has 0 aliphatic rings. The number of hydrogen-bond acceptors (Lipinski definition) is 6. The van der Waals surface area contributed by atoms with Crippen LogP contribution in [0.3, 0.4) is 0 Å². The third-order valence-electron chi connectivity index (χ3n) is 11.9. The van der Waals surface area contributed by atoms with Crippen molar-refractivity contribution < 1.29 is 28.6 Å². The zero-order valence-electron chi connectivity index (χ0n) is 41.4. The van der Waals surface area contributed by atoms with Crippen LogP contribution in [0.5, 0.6) is 0 Å². The number of esters is 3.